The number of carbonyl (C=O) groups is 1. The third kappa shape index (κ3) is 5.06. The van der Waals surface area contributed by atoms with E-state index in [1.54, 1.807) is 13.1 Å². The van der Waals surface area contributed by atoms with E-state index in [2.05, 4.69) is 10.3 Å². The van der Waals surface area contributed by atoms with Gasteiger partial charge >= 0.3 is 5.97 Å². The Balaban J connectivity index is 1.31. The van der Waals surface area contributed by atoms with Gasteiger partial charge in [-0.15, -0.1) is 5.01 Å². The molecular weight excluding hydrogens is 472 g/mol. The van der Waals surface area contributed by atoms with Gasteiger partial charge in [-0.1, -0.05) is 30.2 Å². The largest absolute Gasteiger partial charge is 0.569 e. The summed E-state index contributed by atoms with van der Waals surface area (Å²) < 4.78 is 11.9. The second kappa shape index (κ2) is 10.4. The molecule has 0 N–H and O–H groups in total. The number of aryl methyl sites for hydroxylation is 1. The predicted octanol–water partition coefficient (Wildman–Crippen LogP) is 5.17. The topological polar surface area (TPSA) is 99.3 Å². The Bertz CT molecular complexity index is 1100. The maximum atomic E-state index is 13.2. The number of carbonyl (C=O) groups excluding carboxylic acids is 1. The number of fused-ring (bicyclic) bond motifs is 1. The van der Waals surface area contributed by atoms with Crippen molar-refractivity contribution in [3.63, 3.8) is 0 Å². The Morgan fingerprint density at radius 3 is 2.74 bits per heavy atom. The summed E-state index contributed by atoms with van der Waals surface area (Å²) in [6.07, 6.45) is 7.72. The van der Waals surface area contributed by atoms with E-state index < -0.39 is 12.0 Å². The minimum Gasteiger partial charge on any atom is -0.569 e. The Kier molecular flexibility index (Phi) is 7.06. The standard InChI is InChI=1S/C25H29ClN4O5/c1-16-23(21-15-33-24(20(21)14-27-16)17-9-11-18(26)12-10-17)34-25(31)22-8-5-13-29(22)30(32)28-35-19-6-3-2-4-7-19/h9-12,14,19,22,24H,2-8,13,15H2,1H3/b30-28+/t22-,24-/m0/s1. The van der Waals surface area contributed by atoms with Crippen molar-refractivity contribution >= 4 is 17.6 Å². The quantitative estimate of drug-likeness (QED) is 0.233. The van der Waals surface area contributed by atoms with Crippen LogP contribution in [-0.4, -0.2) is 39.6 Å². The number of rotatable bonds is 6. The van der Waals surface area contributed by atoms with Crippen LogP contribution >= 0.6 is 11.6 Å². The number of aromatic nitrogens is 1. The molecule has 1 saturated carbocycles. The summed E-state index contributed by atoms with van der Waals surface area (Å²) in [5.74, 6) is -0.117. The summed E-state index contributed by atoms with van der Waals surface area (Å²) in [6.45, 7) is 2.49. The van der Waals surface area contributed by atoms with Crippen LogP contribution in [0.25, 0.3) is 0 Å². The van der Waals surface area contributed by atoms with Gasteiger partial charge in [0.1, 0.15) is 12.2 Å². The molecule has 9 nitrogen and oxygen atoms in total. The average Bonchev–Trinajstić information content (AvgIpc) is 3.53. The number of hydrazine groups is 1. The Labute approximate surface area is 209 Å². The summed E-state index contributed by atoms with van der Waals surface area (Å²) in [6, 6.07) is 6.70. The maximum absolute atomic E-state index is 13.2. The second-order valence-corrected chi connectivity index (χ2v) is 9.73. The molecule has 0 unspecified atom stereocenters. The molecule has 0 spiro atoms. The fraction of sp³-hybridized carbons (Fsp3) is 0.520. The highest BCUT2D eigenvalue weighted by molar-refractivity contribution is 6.30. The number of pyridine rings is 1. The molecule has 2 atom stereocenters. The molecule has 2 aliphatic heterocycles. The lowest BCUT2D eigenvalue weighted by atomic mass is 9.98. The molecule has 3 aliphatic rings. The molecule has 1 aliphatic carbocycles. The number of ether oxygens (including phenoxy) is 2. The predicted molar refractivity (Wildman–Crippen MR) is 126 cm³/mol. The van der Waals surface area contributed by atoms with Gasteiger partial charge in [-0.25, -0.2) is 4.79 Å². The lowest BCUT2D eigenvalue weighted by Crippen LogP contribution is -2.42. The van der Waals surface area contributed by atoms with Gasteiger partial charge in [0.2, 0.25) is 5.28 Å². The van der Waals surface area contributed by atoms with Crippen LogP contribution in [0.4, 0.5) is 0 Å². The first-order chi connectivity index (χ1) is 17.0. The molecule has 0 bridgehead atoms. The first kappa shape index (κ1) is 23.8. The van der Waals surface area contributed by atoms with Crippen molar-refractivity contribution in [3.05, 3.63) is 63.1 Å². The molecular formula is C25H29ClN4O5. The summed E-state index contributed by atoms with van der Waals surface area (Å²) in [7, 11) is 0. The summed E-state index contributed by atoms with van der Waals surface area (Å²) in [5.41, 5.74) is 3.18. The smallest absolute Gasteiger partial charge is 0.340 e. The molecule has 1 aromatic carbocycles. The minimum atomic E-state index is -0.740. The highest BCUT2D eigenvalue weighted by Gasteiger charge is 2.40. The van der Waals surface area contributed by atoms with Gasteiger partial charge < -0.3 is 19.5 Å². The van der Waals surface area contributed by atoms with E-state index in [-0.39, 0.29) is 12.2 Å². The van der Waals surface area contributed by atoms with Crippen LogP contribution in [0, 0.1) is 12.1 Å². The zero-order valence-corrected chi connectivity index (χ0v) is 20.4. The molecule has 0 radical (unpaired) electrons. The van der Waals surface area contributed by atoms with Gasteiger partial charge in [0, 0.05) is 22.3 Å². The van der Waals surface area contributed by atoms with Crippen LogP contribution in [0.3, 0.4) is 0 Å². The lowest BCUT2D eigenvalue weighted by molar-refractivity contribution is -0.713. The van der Waals surface area contributed by atoms with E-state index in [0.29, 0.717) is 47.4 Å². The molecule has 5 rings (SSSR count). The van der Waals surface area contributed by atoms with Gasteiger partial charge in [-0.3, -0.25) is 4.98 Å². The molecule has 10 heteroatoms. The van der Waals surface area contributed by atoms with Crippen molar-refractivity contribution in [1.82, 2.24) is 9.99 Å². The Hall–Kier alpha value is -2.91. The van der Waals surface area contributed by atoms with Crippen molar-refractivity contribution in [2.45, 2.75) is 76.7 Å². The van der Waals surface area contributed by atoms with Crippen LogP contribution in [0.5, 0.6) is 5.75 Å². The molecule has 3 heterocycles. The van der Waals surface area contributed by atoms with E-state index in [1.165, 1.54) is 11.4 Å². The zero-order chi connectivity index (χ0) is 24.4. The van der Waals surface area contributed by atoms with Gasteiger partial charge in [0.25, 0.3) is 0 Å². The molecule has 186 valence electrons. The number of hydrogen-bond donors (Lipinski definition) is 0. The molecule has 1 saturated heterocycles. The fourth-order valence-corrected chi connectivity index (χ4v) is 5.15. The number of hydrogen-bond acceptors (Lipinski definition) is 7. The molecule has 2 aromatic rings. The Morgan fingerprint density at radius 1 is 1.20 bits per heavy atom. The van der Waals surface area contributed by atoms with Crippen molar-refractivity contribution < 1.29 is 24.1 Å². The van der Waals surface area contributed by atoms with E-state index in [1.807, 2.05) is 24.3 Å². The van der Waals surface area contributed by atoms with E-state index in [9.17, 15) is 10.0 Å². The highest BCUT2D eigenvalue weighted by atomic mass is 35.5. The average molecular weight is 501 g/mol. The SMILES string of the molecule is Cc1ncc2c(c1OC(=O)[C@@H]1CCCN1/[N+]([O-])=N\OC1CCCCC1)CO[C@H]2c1ccc(Cl)cc1. The normalized spacial score (nSPS) is 22.8. The monoisotopic (exact) mass is 500 g/mol. The first-order valence-corrected chi connectivity index (χ1v) is 12.6. The van der Waals surface area contributed by atoms with Crippen LogP contribution in [0.1, 0.15) is 73.4 Å². The van der Waals surface area contributed by atoms with E-state index in [4.69, 9.17) is 25.9 Å². The first-order valence-electron chi connectivity index (χ1n) is 12.2. The number of benzene rings is 1. The lowest BCUT2D eigenvalue weighted by Gasteiger charge is -2.21. The van der Waals surface area contributed by atoms with Gasteiger partial charge in [-0.2, -0.15) is 0 Å². The fourth-order valence-electron chi connectivity index (χ4n) is 5.02. The molecule has 0 amide bonds. The summed E-state index contributed by atoms with van der Waals surface area (Å²) in [5, 5.41) is 18.4. The van der Waals surface area contributed by atoms with Crippen LogP contribution in [0.2, 0.25) is 5.02 Å². The summed E-state index contributed by atoms with van der Waals surface area (Å²) >= 11 is 6.02. The van der Waals surface area contributed by atoms with Gasteiger partial charge in [0.15, 0.2) is 11.8 Å². The van der Waals surface area contributed by atoms with Crippen molar-refractivity contribution in [2.75, 3.05) is 6.54 Å². The molecule has 2 fully saturated rings. The number of halogens is 1. The van der Waals surface area contributed by atoms with Gasteiger partial charge in [-0.05, 0) is 63.1 Å². The number of nitrogens with zero attached hydrogens (tertiary/aromatic N) is 4. The van der Waals surface area contributed by atoms with Crippen molar-refractivity contribution in [3.8, 4) is 5.75 Å². The maximum Gasteiger partial charge on any atom is 0.340 e. The molecule has 1 aromatic heterocycles. The highest BCUT2D eigenvalue weighted by Crippen LogP contribution is 2.41. The number of esters is 1. The summed E-state index contributed by atoms with van der Waals surface area (Å²) in [4.78, 5) is 23.5. The second-order valence-electron chi connectivity index (χ2n) is 9.29. The van der Waals surface area contributed by atoms with E-state index >= 15 is 0 Å². The van der Waals surface area contributed by atoms with Gasteiger partial charge in [0.05, 0.1) is 23.8 Å². The van der Waals surface area contributed by atoms with Crippen LogP contribution in [-0.2, 0) is 21.0 Å². The minimum absolute atomic E-state index is 0.0394. The van der Waals surface area contributed by atoms with Crippen molar-refractivity contribution in [2.24, 2.45) is 5.28 Å². The third-order valence-electron chi connectivity index (χ3n) is 6.94. The third-order valence-corrected chi connectivity index (χ3v) is 7.19. The molecule has 35 heavy (non-hydrogen) atoms. The van der Waals surface area contributed by atoms with Crippen LogP contribution < -0.4 is 4.74 Å². The van der Waals surface area contributed by atoms with Crippen molar-refractivity contribution in [1.29, 1.82) is 0 Å². The Morgan fingerprint density at radius 2 is 1.97 bits per heavy atom. The van der Waals surface area contributed by atoms with Crippen LogP contribution in [0.15, 0.2) is 35.7 Å². The van der Waals surface area contributed by atoms with E-state index in [0.717, 1.165) is 42.4 Å². The zero-order valence-electron chi connectivity index (χ0n) is 19.7.